The maximum Gasteiger partial charge on any atom is 0.0469 e. The normalized spacial score (nSPS) is 31.6. The molecule has 3 nitrogen and oxygen atoms in total. The van der Waals surface area contributed by atoms with Gasteiger partial charge in [-0.1, -0.05) is 6.92 Å². The first-order valence-corrected chi connectivity index (χ1v) is 7.17. The van der Waals surface area contributed by atoms with Crippen LogP contribution in [0.2, 0.25) is 0 Å². The topological polar surface area (TPSA) is 24.5 Å². The van der Waals surface area contributed by atoms with Gasteiger partial charge in [0.2, 0.25) is 0 Å². The molecule has 0 amide bonds. The molecule has 0 saturated carbocycles. The van der Waals surface area contributed by atoms with Crippen LogP contribution in [0.25, 0.3) is 0 Å². The standard InChI is InChI=1S/C14H28N2O/c1-4-13-9-15-14(2,3)11-16(13)10-12-5-7-17-8-6-12/h12-13,15H,4-11H2,1-3H3. The Morgan fingerprint density at radius 1 is 1.29 bits per heavy atom. The molecule has 1 N–H and O–H groups in total. The van der Waals surface area contributed by atoms with E-state index >= 15 is 0 Å². The molecule has 17 heavy (non-hydrogen) atoms. The minimum absolute atomic E-state index is 0.275. The Labute approximate surface area is 106 Å². The Kier molecular flexibility index (Phi) is 4.45. The summed E-state index contributed by atoms with van der Waals surface area (Å²) in [6.07, 6.45) is 3.76. The quantitative estimate of drug-likeness (QED) is 0.815. The van der Waals surface area contributed by atoms with Crippen LogP contribution in [0.5, 0.6) is 0 Å². The molecule has 3 heteroatoms. The molecule has 2 fully saturated rings. The summed E-state index contributed by atoms with van der Waals surface area (Å²) >= 11 is 0. The number of nitrogens with zero attached hydrogens (tertiary/aromatic N) is 1. The zero-order chi connectivity index (χ0) is 12.3. The largest absolute Gasteiger partial charge is 0.381 e. The number of ether oxygens (including phenoxy) is 1. The molecule has 0 aromatic rings. The second-order valence-corrected chi connectivity index (χ2v) is 6.31. The number of hydrogen-bond acceptors (Lipinski definition) is 3. The summed E-state index contributed by atoms with van der Waals surface area (Å²) in [6, 6.07) is 0.728. The maximum absolute atomic E-state index is 5.45. The van der Waals surface area contributed by atoms with Crippen molar-refractivity contribution in [2.45, 2.75) is 51.6 Å². The molecule has 1 unspecified atom stereocenters. The lowest BCUT2D eigenvalue weighted by atomic mass is 9.93. The van der Waals surface area contributed by atoms with Crippen LogP contribution in [-0.4, -0.2) is 49.3 Å². The maximum atomic E-state index is 5.45. The SMILES string of the molecule is CCC1CNC(C)(C)CN1CC1CCOCC1. The fourth-order valence-electron chi connectivity index (χ4n) is 3.09. The minimum atomic E-state index is 0.275. The van der Waals surface area contributed by atoms with Crippen LogP contribution >= 0.6 is 0 Å². The van der Waals surface area contributed by atoms with Crippen molar-refractivity contribution in [2.75, 3.05) is 32.8 Å². The molecule has 100 valence electrons. The van der Waals surface area contributed by atoms with Gasteiger partial charge in [-0.3, -0.25) is 4.90 Å². The molecule has 2 aliphatic rings. The van der Waals surface area contributed by atoms with Gasteiger partial charge in [-0.2, -0.15) is 0 Å². The van der Waals surface area contributed by atoms with Crippen LogP contribution in [0.15, 0.2) is 0 Å². The van der Waals surface area contributed by atoms with Crippen molar-refractivity contribution < 1.29 is 4.74 Å². The zero-order valence-electron chi connectivity index (χ0n) is 11.7. The minimum Gasteiger partial charge on any atom is -0.381 e. The molecule has 0 aromatic heterocycles. The molecule has 2 heterocycles. The number of piperazine rings is 1. The van der Waals surface area contributed by atoms with Crippen molar-refractivity contribution in [2.24, 2.45) is 5.92 Å². The van der Waals surface area contributed by atoms with Gasteiger partial charge in [-0.15, -0.1) is 0 Å². The number of nitrogens with one attached hydrogen (secondary N) is 1. The molecular formula is C14H28N2O. The molecule has 0 bridgehead atoms. The van der Waals surface area contributed by atoms with Gasteiger partial charge in [-0.05, 0) is 39.0 Å². The van der Waals surface area contributed by atoms with Crippen molar-refractivity contribution in [1.82, 2.24) is 10.2 Å². The average molecular weight is 240 g/mol. The molecule has 0 spiro atoms. The van der Waals surface area contributed by atoms with Gasteiger partial charge in [0.25, 0.3) is 0 Å². The van der Waals surface area contributed by atoms with Crippen LogP contribution in [0.4, 0.5) is 0 Å². The molecule has 0 aliphatic carbocycles. The van der Waals surface area contributed by atoms with E-state index in [9.17, 15) is 0 Å². The van der Waals surface area contributed by atoms with E-state index in [0.717, 1.165) is 31.7 Å². The highest BCUT2D eigenvalue weighted by molar-refractivity contribution is 4.92. The summed E-state index contributed by atoms with van der Waals surface area (Å²) in [7, 11) is 0. The van der Waals surface area contributed by atoms with Gasteiger partial charge in [0.15, 0.2) is 0 Å². The van der Waals surface area contributed by atoms with Gasteiger partial charge in [-0.25, -0.2) is 0 Å². The Balaban J connectivity index is 1.90. The van der Waals surface area contributed by atoms with E-state index in [2.05, 4.69) is 31.0 Å². The zero-order valence-corrected chi connectivity index (χ0v) is 11.7. The van der Waals surface area contributed by atoms with Crippen LogP contribution in [0, 0.1) is 5.92 Å². The predicted molar refractivity (Wildman–Crippen MR) is 71.3 cm³/mol. The summed E-state index contributed by atoms with van der Waals surface area (Å²) < 4.78 is 5.45. The first-order chi connectivity index (χ1) is 8.11. The molecule has 2 rings (SSSR count). The third-order valence-electron chi connectivity index (χ3n) is 4.24. The third kappa shape index (κ3) is 3.67. The Hall–Kier alpha value is -0.120. The van der Waals surface area contributed by atoms with E-state index in [4.69, 9.17) is 4.74 Å². The Morgan fingerprint density at radius 2 is 2.00 bits per heavy atom. The van der Waals surface area contributed by atoms with E-state index in [1.165, 1.54) is 32.4 Å². The van der Waals surface area contributed by atoms with E-state index in [1.807, 2.05) is 0 Å². The summed E-state index contributed by atoms with van der Waals surface area (Å²) in [5, 5.41) is 3.66. The van der Waals surface area contributed by atoms with Crippen LogP contribution in [-0.2, 0) is 4.74 Å². The highest BCUT2D eigenvalue weighted by Gasteiger charge is 2.32. The summed E-state index contributed by atoms with van der Waals surface area (Å²) in [6.45, 7) is 12.5. The predicted octanol–water partition coefficient (Wildman–Crippen LogP) is 1.88. The molecule has 1 atom stereocenters. The highest BCUT2D eigenvalue weighted by Crippen LogP contribution is 2.22. The lowest BCUT2D eigenvalue weighted by Gasteiger charge is -2.46. The molecule has 0 radical (unpaired) electrons. The van der Waals surface area contributed by atoms with Crippen molar-refractivity contribution >= 4 is 0 Å². The second-order valence-electron chi connectivity index (χ2n) is 6.31. The van der Waals surface area contributed by atoms with Crippen LogP contribution < -0.4 is 5.32 Å². The fraction of sp³-hybridized carbons (Fsp3) is 1.00. The lowest BCUT2D eigenvalue weighted by Crippen LogP contribution is -2.62. The van der Waals surface area contributed by atoms with E-state index in [0.29, 0.717) is 0 Å². The number of rotatable bonds is 3. The summed E-state index contributed by atoms with van der Waals surface area (Å²) in [4.78, 5) is 2.71. The van der Waals surface area contributed by atoms with E-state index in [1.54, 1.807) is 0 Å². The molecule has 2 saturated heterocycles. The van der Waals surface area contributed by atoms with Gasteiger partial charge in [0, 0.05) is 44.4 Å². The van der Waals surface area contributed by atoms with Crippen molar-refractivity contribution in [3.63, 3.8) is 0 Å². The van der Waals surface area contributed by atoms with E-state index in [-0.39, 0.29) is 5.54 Å². The van der Waals surface area contributed by atoms with Crippen molar-refractivity contribution in [3.05, 3.63) is 0 Å². The molecular weight excluding hydrogens is 212 g/mol. The lowest BCUT2D eigenvalue weighted by molar-refractivity contribution is 0.0262. The second kappa shape index (κ2) is 5.68. The monoisotopic (exact) mass is 240 g/mol. The summed E-state index contributed by atoms with van der Waals surface area (Å²) in [5.41, 5.74) is 0.275. The van der Waals surface area contributed by atoms with Gasteiger partial charge in [0.1, 0.15) is 0 Å². The average Bonchev–Trinajstić information content (AvgIpc) is 2.30. The van der Waals surface area contributed by atoms with Crippen LogP contribution in [0.3, 0.4) is 0 Å². The van der Waals surface area contributed by atoms with Crippen molar-refractivity contribution in [3.8, 4) is 0 Å². The number of hydrogen-bond donors (Lipinski definition) is 1. The summed E-state index contributed by atoms with van der Waals surface area (Å²) in [5.74, 6) is 0.853. The first-order valence-electron chi connectivity index (χ1n) is 7.17. The van der Waals surface area contributed by atoms with E-state index < -0.39 is 0 Å². The Bertz CT molecular complexity index is 236. The molecule has 0 aromatic carbocycles. The first kappa shape index (κ1) is 13.3. The molecule has 2 aliphatic heterocycles. The highest BCUT2D eigenvalue weighted by atomic mass is 16.5. The van der Waals surface area contributed by atoms with Crippen LogP contribution in [0.1, 0.15) is 40.0 Å². The van der Waals surface area contributed by atoms with Gasteiger partial charge >= 0.3 is 0 Å². The fourth-order valence-corrected chi connectivity index (χ4v) is 3.09. The Morgan fingerprint density at radius 3 is 2.65 bits per heavy atom. The van der Waals surface area contributed by atoms with Gasteiger partial charge < -0.3 is 10.1 Å². The van der Waals surface area contributed by atoms with Crippen molar-refractivity contribution in [1.29, 1.82) is 0 Å². The smallest absolute Gasteiger partial charge is 0.0469 e. The van der Waals surface area contributed by atoms with Gasteiger partial charge in [0.05, 0.1) is 0 Å². The third-order valence-corrected chi connectivity index (χ3v) is 4.24.